The molecule has 156 valence electrons. The molecule has 5 rings (SSSR count). The first-order valence-electron chi connectivity index (χ1n) is 10.0. The minimum absolute atomic E-state index is 0.0607. The summed E-state index contributed by atoms with van der Waals surface area (Å²) in [7, 11) is 0. The van der Waals surface area contributed by atoms with Gasteiger partial charge in [0.15, 0.2) is 0 Å². The summed E-state index contributed by atoms with van der Waals surface area (Å²) in [4.78, 5) is 34.3. The van der Waals surface area contributed by atoms with Crippen LogP contribution in [0.3, 0.4) is 0 Å². The van der Waals surface area contributed by atoms with Crippen molar-refractivity contribution in [3.63, 3.8) is 0 Å². The number of fused-ring (bicyclic) bond motifs is 1. The van der Waals surface area contributed by atoms with E-state index in [1.165, 1.54) is 0 Å². The van der Waals surface area contributed by atoms with Gasteiger partial charge in [-0.15, -0.1) is 11.3 Å². The molecule has 0 aliphatic carbocycles. The van der Waals surface area contributed by atoms with Gasteiger partial charge >= 0.3 is 0 Å². The van der Waals surface area contributed by atoms with Crippen molar-refractivity contribution in [2.75, 3.05) is 36.4 Å². The monoisotopic (exact) mass is 431 g/mol. The SMILES string of the molecule is Cc1ccnc(Nc2cc(N3CCN(C(=O)c4ccc5ncsc5c4)CC3)ncn2)c1. The molecule has 1 aliphatic rings. The van der Waals surface area contributed by atoms with E-state index in [0.29, 0.717) is 37.6 Å². The Labute approximate surface area is 183 Å². The molecule has 1 saturated heterocycles. The lowest BCUT2D eigenvalue weighted by Gasteiger charge is -2.35. The van der Waals surface area contributed by atoms with Gasteiger partial charge in [0.05, 0.1) is 15.7 Å². The van der Waals surface area contributed by atoms with E-state index < -0.39 is 0 Å². The second-order valence-corrected chi connectivity index (χ2v) is 8.31. The zero-order valence-electron chi connectivity index (χ0n) is 17.0. The van der Waals surface area contributed by atoms with Gasteiger partial charge < -0.3 is 15.1 Å². The van der Waals surface area contributed by atoms with E-state index in [0.717, 1.165) is 27.4 Å². The molecule has 0 bridgehead atoms. The third kappa shape index (κ3) is 4.17. The van der Waals surface area contributed by atoms with E-state index in [4.69, 9.17) is 0 Å². The number of benzene rings is 1. The van der Waals surface area contributed by atoms with Gasteiger partial charge in [0.25, 0.3) is 5.91 Å². The van der Waals surface area contributed by atoms with Crippen LogP contribution in [-0.4, -0.2) is 56.9 Å². The third-order valence-electron chi connectivity index (χ3n) is 5.29. The predicted molar refractivity (Wildman–Crippen MR) is 122 cm³/mol. The Kier molecular flexibility index (Phi) is 5.17. The van der Waals surface area contributed by atoms with Crippen LogP contribution in [0.1, 0.15) is 15.9 Å². The van der Waals surface area contributed by atoms with Crippen LogP contribution in [0.2, 0.25) is 0 Å². The van der Waals surface area contributed by atoms with Crippen molar-refractivity contribution in [1.82, 2.24) is 24.8 Å². The quantitative estimate of drug-likeness (QED) is 0.529. The molecule has 1 amide bonds. The molecule has 1 fully saturated rings. The van der Waals surface area contributed by atoms with E-state index >= 15 is 0 Å². The van der Waals surface area contributed by atoms with Gasteiger partial charge in [0.1, 0.15) is 23.8 Å². The molecule has 0 saturated carbocycles. The highest BCUT2D eigenvalue weighted by Gasteiger charge is 2.23. The fourth-order valence-corrected chi connectivity index (χ4v) is 4.35. The highest BCUT2D eigenvalue weighted by atomic mass is 32.1. The van der Waals surface area contributed by atoms with E-state index in [-0.39, 0.29) is 5.91 Å². The second kappa shape index (κ2) is 8.27. The molecule has 1 aliphatic heterocycles. The first-order chi connectivity index (χ1) is 15.2. The molecule has 0 atom stereocenters. The van der Waals surface area contributed by atoms with Gasteiger partial charge in [0.2, 0.25) is 0 Å². The Balaban J connectivity index is 1.24. The molecule has 4 heterocycles. The number of piperazine rings is 1. The smallest absolute Gasteiger partial charge is 0.254 e. The van der Waals surface area contributed by atoms with Crippen molar-refractivity contribution in [2.45, 2.75) is 6.92 Å². The van der Waals surface area contributed by atoms with Crippen molar-refractivity contribution in [2.24, 2.45) is 0 Å². The summed E-state index contributed by atoms with van der Waals surface area (Å²) < 4.78 is 1.04. The third-order valence-corrected chi connectivity index (χ3v) is 6.09. The van der Waals surface area contributed by atoms with Crippen molar-refractivity contribution < 1.29 is 4.79 Å². The molecule has 1 aromatic carbocycles. The summed E-state index contributed by atoms with van der Waals surface area (Å²) in [5, 5.41) is 3.23. The number of amides is 1. The lowest BCUT2D eigenvalue weighted by Crippen LogP contribution is -2.49. The van der Waals surface area contributed by atoms with Gasteiger partial charge in [-0.05, 0) is 42.8 Å². The van der Waals surface area contributed by atoms with Crippen LogP contribution in [0, 0.1) is 6.92 Å². The summed E-state index contributed by atoms with van der Waals surface area (Å²) in [6.45, 7) is 4.74. The van der Waals surface area contributed by atoms with E-state index in [1.54, 1.807) is 29.4 Å². The zero-order chi connectivity index (χ0) is 21.2. The molecule has 1 N–H and O–H groups in total. The molecule has 0 radical (unpaired) electrons. The van der Waals surface area contributed by atoms with Crippen LogP contribution in [-0.2, 0) is 0 Å². The number of thiazole rings is 1. The van der Waals surface area contributed by atoms with Crippen LogP contribution < -0.4 is 10.2 Å². The standard InChI is InChI=1S/C22H21N7OS/c1-15-4-5-23-19(10-15)27-20-12-21(25-13-24-20)28-6-8-29(9-7-28)22(30)16-2-3-17-18(11-16)31-14-26-17/h2-5,10-14H,6-9H2,1H3,(H,23,24,25,27). The molecule has 4 aromatic rings. The van der Waals surface area contributed by atoms with Gasteiger partial charge in [-0.2, -0.15) is 0 Å². The number of aryl methyl sites for hydroxylation is 1. The molecular formula is C22H21N7OS. The number of hydrogen-bond donors (Lipinski definition) is 1. The maximum absolute atomic E-state index is 12.9. The van der Waals surface area contributed by atoms with Gasteiger partial charge in [-0.25, -0.2) is 19.9 Å². The summed E-state index contributed by atoms with van der Waals surface area (Å²) in [5.74, 6) is 2.34. The summed E-state index contributed by atoms with van der Waals surface area (Å²) >= 11 is 1.55. The fourth-order valence-electron chi connectivity index (χ4n) is 3.63. The minimum atomic E-state index is 0.0607. The van der Waals surface area contributed by atoms with Crippen molar-refractivity contribution in [3.05, 3.63) is 65.6 Å². The second-order valence-electron chi connectivity index (χ2n) is 7.42. The van der Waals surface area contributed by atoms with E-state index in [2.05, 4.69) is 30.2 Å². The Morgan fingerprint density at radius 2 is 1.81 bits per heavy atom. The number of rotatable bonds is 4. The molecule has 8 nitrogen and oxygen atoms in total. The highest BCUT2D eigenvalue weighted by molar-refractivity contribution is 7.16. The van der Waals surface area contributed by atoms with E-state index in [9.17, 15) is 4.79 Å². The van der Waals surface area contributed by atoms with E-state index in [1.807, 2.05) is 48.2 Å². The Bertz CT molecular complexity index is 1230. The van der Waals surface area contributed by atoms with Crippen molar-refractivity contribution in [1.29, 1.82) is 0 Å². The number of nitrogens with zero attached hydrogens (tertiary/aromatic N) is 6. The van der Waals surface area contributed by atoms with Crippen LogP contribution in [0.15, 0.2) is 54.4 Å². The highest BCUT2D eigenvalue weighted by Crippen LogP contribution is 2.22. The molecule has 9 heteroatoms. The molecule has 3 aromatic heterocycles. The van der Waals surface area contributed by atoms with Crippen LogP contribution in [0.4, 0.5) is 17.5 Å². The van der Waals surface area contributed by atoms with Crippen LogP contribution in [0.5, 0.6) is 0 Å². The molecule has 0 unspecified atom stereocenters. The Hall–Kier alpha value is -3.59. The minimum Gasteiger partial charge on any atom is -0.353 e. The zero-order valence-corrected chi connectivity index (χ0v) is 17.8. The largest absolute Gasteiger partial charge is 0.353 e. The Morgan fingerprint density at radius 3 is 2.65 bits per heavy atom. The fraction of sp³-hybridized carbons (Fsp3) is 0.227. The van der Waals surface area contributed by atoms with Crippen molar-refractivity contribution in [3.8, 4) is 0 Å². The summed E-state index contributed by atoms with van der Waals surface area (Å²) in [5.41, 5.74) is 4.57. The first-order valence-corrected chi connectivity index (χ1v) is 10.9. The van der Waals surface area contributed by atoms with Gasteiger partial charge in [0, 0.05) is 44.0 Å². The number of hydrogen-bond acceptors (Lipinski definition) is 8. The number of pyridine rings is 1. The maximum atomic E-state index is 12.9. The average molecular weight is 432 g/mol. The number of aromatic nitrogens is 4. The maximum Gasteiger partial charge on any atom is 0.254 e. The molecule has 31 heavy (non-hydrogen) atoms. The number of anilines is 3. The molecular weight excluding hydrogens is 410 g/mol. The van der Waals surface area contributed by atoms with Gasteiger partial charge in [-0.3, -0.25) is 4.79 Å². The first kappa shape index (κ1) is 19.4. The van der Waals surface area contributed by atoms with Crippen molar-refractivity contribution >= 4 is 44.9 Å². The number of carbonyl (C=O) groups is 1. The summed E-state index contributed by atoms with van der Waals surface area (Å²) in [6.07, 6.45) is 3.32. The lowest BCUT2D eigenvalue weighted by atomic mass is 10.1. The summed E-state index contributed by atoms with van der Waals surface area (Å²) in [6, 6.07) is 11.5. The molecule has 0 spiro atoms. The average Bonchev–Trinajstić information content (AvgIpc) is 3.27. The predicted octanol–water partition coefficient (Wildman–Crippen LogP) is 3.50. The Morgan fingerprint density at radius 1 is 0.968 bits per heavy atom. The van der Waals surface area contributed by atoms with Gasteiger partial charge in [-0.1, -0.05) is 0 Å². The number of carbonyl (C=O) groups excluding carboxylic acids is 1. The van der Waals surface area contributed by atoms with Crippen LogP contribution in [0.25, 0.3) is 10.2 Å². The lowest BCUT2D eigenvalue weighted by molar-refractivity contribution is 0.0746. The van der Waals surface area contributed by atoms with Crippen LogP contribution >= 0.6 is 11.3 Å². The normalized spacial score (nSPS) is 14.1. The number of nitrogens with one attached hydrogen (secondary N) is 1. The topological polar surface area (TPSA) is 87.1 Å².